The minimum atomic E-state index is -4.48. The van der Waals surface area contributed by atoms with Crippen LogP contribution in [0.3, 0.4) is 0 Å². The number of carbonyl (C=O) groups excluding carboxylic acids is 1. The monoisotopic (exact) mass is 359 g/mol. The van der Waals surface area contributed by atoms with Gasteiger partial charge in [0.1, 0.15) is 11.9 Å². The van der Waals surface area contributed by atoms with Crippen molar-refractivity contribution >= 4 is 23.3 Å². The van der Waals surface area contributed by atoms with Crippen LogP contribution in [0.15, 0.2) is 30.5 Å². The zero-order valence-electron chi connectivity index (χ0n) is 12.3. The van der Waals surface area contributed by atoms with Gasteiger partial charge in [-0.15, -0.1) is 0 Å². The summed E-state index contributed by atoms with van der Waals surface area (Å²) in [6, 6.07) is 4.47. The molecule has 2 heterocycles. The summed E-state index contributed by atoms with van der Waals surface area (Å²) in [5.74, 6) is -0.0190. The molecule has 5 nitrogen and oxygen atoms in total. The van der Waals surface area contributed by atoms with E-state index in [2.05, 4.69) is 10.4 Å². The first kappa shape index (κ1) is 16.8. The number of hydrogen-bond donors (Lipinski definition) is 1. The maximum absolute atomic E-state index is 12.7. The molecule has 2 aromatic rings. The molecule has 0 aliphatic carbocycles. The van der Waals surface area contributed by atoms with E-state index in [-0.39, 0.29) is 16.6 Å². The molecular formula is C15H13ClF3N3O2. The van der Waals surface area contributed by atoms with Crippen LogP contribution in [0.5, 0.6) is 0 Å². The molecular weight excluding hydrogens is 347 g/mol. The van der Waals surface area contributed by atoms with Gasteiger partial charge in [0.25, 0.3) is 5.91 Å². The summed E-state index contributed by atoms with van der Waals surface area (Å²) in [6.07, 6.45) is -2.16. The predicted molar refractivity (Wildman–Crippen MR) is 81.2 cm³/mol. The first-order valence-corrected chi connectivity index (χ1v) is 7.57. The topological polar surface area (TPSA) is 56.2 Å². The number of nitrogens with one attached hydrogen (secondary N) is 1. The highest BCUT2D eigenvalue weighted by molar-refractivity contribution is 6.32. The van der Waals surface area contributed by atoms with Crippen molar-refractivity contribution in [3.63, 3.8) is 0 Å². The van der Waals surface area contributed by atoms with Gasteiger partial charge in [-0.3, -0.25) is 4.79 Å². The lowest BCUT2D eigenvalue weighted by molar-refractivity contribution is -0.137. The van der Waals surface area contributed by atoms with Gasteiger partial charge in [0.05, 0.1) is 22.5 Å². The van der Waals surface area contributed by atoms with Crippen LogP contribution >= 0.6 is 11.6 Å². The molecule has 1 aromatic carbocycles. The third kappa shape index (κ3) is 3.39. The molecule has 0 radical (unpaired) electrons. The van der Waals surface area contributed by atoms with E-state index in [9.17, 15) is 18.0 Å². The molecule has 1 fully saturated rings. The highest BCUT2D eigenvalue weighted by Gasteiger charge is 2.31. The van der Waals surface area contributed by atoms with Crippen LogP contribution in [0.1, 0.15) is 18.4 Å². The third-order valence-corrected chi connectivity index (χ3v) is 3.92. The smallest absolute Gasteiger partial charge is 0.368 e. The van der Waals surface area contributed by atoms with Gasteiger partial charge in [-0.2, -0.15) is 18.3 Å². The Kier molecular flexibility index (Phi) is 4.51. The predicted octanol–water partition coefficient (Wildman–Crippen LogP) is 3.66. The molecule has 1 aromatic heterocycles. The molecule has 1 saturated heterocycles. The number of aromatic nitrogens is 2. The largest absolute Gasteiger partial charge is 0.416 e. The van der Waals surface area contributed by atoms with Crippen LogP contribution in [-0.4, -0.2) is 28.4 Å². The molecule has 1 amide bonds. The van der Waals surface area contributed by atoms with Crippen molar-refractivity contribution in [2.75, 3.05) is 11.9 Å². The first-order valence-electron chi connectivity index (χ1n) is 7.20. The molecule has 1 unspecified atom stereocenters. The maximum atomic E-state index is 12.7. The Bertz CT molecular complexity index is 755. The molecule has 0 spiro atoms. The Labute approximate surface area is 140 Å². The number of hydrogen-bond acceptors (Lipinski definition) is 3. The number of amides is 1. The Morgan fingerprint density at radius 3 is 2.79 bits per heavy atom. The van der Waals surface area contributed by atoms with Crippen LogP contribution < -0.4 is 5.32 Å². The van der Waals surface area contributed by atoms with Crippen molar-refractivity contribution in [2.45, 2.75) is 25.1 Å². The number of ether oxygens (including phenoxy) is 1. The van der Waals surface area contributed by atoms with Crippen LogP contribution in [0.2, 0.25) is 5.02 Å². The summed E-state index contributed by atoms with van der Waals surface area (Å²) >= 11 is 5.96. The van der Waals surface area contributed by atoms with E-state index in [1.165, 1.54) is 23.0 Å². The van der Waals surface area contributed by atoms with Crippen molar-refractivity contribution in [3.8, 4) is 5.69 Å². The Balaban J connectivity index is 1.86. The number of halogens is 4. The van der Waals surface area contributed by atoms with Crippen LogP contribution in [-0.2, 0) is 15.7 Å². The fourth-order valence-electron chi connectivity index (χ4n) is 2.44. The molecule has 0 saturated carbocycles. The quantitative estimate of drug-likeness (QED) is 0.910. The number of carbonyl (C=O) groups is 1. The van der Waals surface area contributed by atoms with Crippen molar-refractivity contribution in [3.05, 3.63) is 41.0 Å². The number of nitrogens with zero attached hydrogens (tertiary/aromatic N) is 2. The second-order valence-corrected chi connectivity index (χ2v) is 5.69. The fraction of sp³-hybridized carbons (Fsp3) is 0.333. The number of benzene rings is 1. The van der Waals surface area contributed by atoms with Crippen molar-refractivity contribution in [1.82, 2.24) is 9.78 Å². The molecule has 128 valence electrons. The number of rotatable bonds is 3. The van der Waals surface area contributed by atoms with Gasteiger partial charge in [0.2, 0.25) is 0 Å². The molecule has 3 rings (SSSR count). The minimum absolute atomic E-state index is 0.124. The van der Waals surface area contributed by atoms with Crippen molar-refractivity contribution in [2.24, 2.45) is 0 Å². The van der Waals surface area contributed by atoms with Crippen LogP contribution in [0.25, 0.3) is 5.69 Å². The highest BCUT2D eigenvalue weighted by Crippen LogP contribution is 2.33. The van der Waals surface area contributed by atoms with E-state index in [1.54, 1.807) is 0 Å². The van der Waals surface area contributed by atoms with E-state index >= 15 is 0 Å². The van der Waals surface area contributed by atoms with Gasteiger partial charge in [0, 0.05) is 12.7 Å². The van der Waals surface area contributed by atoms with E-state index in [0.29, 0.717) is 18.8 Å². The molecule has 1 aliphatic rings. The number of anilines is 1. The summed E-state index contributed by atoms with van der Waals surface area (Å²) in [6.45, 7) is 0.530. The van der Waals surface area contributed by atoms with E-state index in [1.807, 2.05) is 0 Å². The van der Waals surface area contributed by atoms with E-state index in [0.717, 1.165) is 18.6 Å². The average molecular weight is 360 g/mol. The van der Waals surface area contributed by atoms with Gasteiger partial charge in [-0.05, 0) is 31.0 Å². The summed E-state index contributed by atoms with van der Waals surface area (Å²) in [5.41, 5.74) is -0.620. The summed E-state index contributed by atoms with van der Waals surface area (Å²) in [7, 11) is 0. The summed E-state index contributed by atoms with van der Waals surface area (Å²) < 4.78 is 44.7. The summed E-state index contributed by atoms with van der Waals surface area (Å²) in [5, 5.41) is 6.55. The van der Waals surface area contributed by atoms with Gasteiger partial charge in [-0.1, -0.05) is 11.6 Å². The minimum Gasteiger partial charge on any atom is -0.368 e. The lowest BCUT2D eigenvalue weighted by atomic mass is 10.2. The zero-order valence-corrected chi connectivity index (χ0v) is 13.1. The maximum Gasteiger partial charge on any atom is 0.416 e. The molecule has 0 bridgehead atoms. The normalized spacial score (nSPS) is 17.9. The lowest BCUT2D eigenvalue weighted by Gasteiger charge is -2.14. The molecule has 1 N–H and O–H groups in total. The standard InChI is InChI=1S/C15H13ClF3N3O2/c16-10-8-9(15(17,18)19)3-4-11(10)22-13(5-6-20-22)21-14(23)12-2-1-7-24-12/h3-6,8,12H,1-2,7H2,(H,21,23). The average Bonchev–Trinajstić information content (AvgIpc) is 3.17. The van der Waals surface area contributed by atoms with E-state index in [4.69, 9.17) is 16.3 Å². The van der Waals surface area contributed by atoms with Gasteiger partial charge >= 0.3 is 6.18 Å². The van der Waals surface area contributed by atoms with Crippen LogP contribution in [0, 0.1) is 0 Å². The fourth-order valence-corrected chi connectivity index (χ4v) is 2.70. The lowest BCUT2D eigenvalue weighted by Crippen LogP contribution is -2.28. The van der Waals surface area contributed by atoms with Gasteiger partial charge in [0.15, 0.2) is 0 Å². The van der Waals surface area contributed by atoms with Crippen molar-refractivity contribution in [1.29, 1.82) is 0 Å². The van der Waals surface area contributed by atoms with Gasteiger partial charge in [-0.25, -0.2) is 4.68 Å². The zero-order chi connectivity index (χ0) is 17.3. The second kappa shape index (κ2) is 6.45. The van der Waals surface area contributed by atoms with Gasteiger partial charge < -0.3 is 10.1 Å². The third-order valence-electron chi connectivity index (χ3n) is 3.62. The molecule has 9 heteroatoms. The second-order valence-electron chi connectivity index (χ2n) is 5.28. The van der Waals surface area contributed by atoms with Crippen LogP contribution in [0.4, 0.5) is 19.0 Å². The molecule has 1 aliphatic heterocycles. The van der Waals surface area contributed by atoms with Crippen molar-refractivity contribution < 1.29 is 22.7 Å². The Morgan fingerprint density at radius 2 is 2.17 bits per heavy atom. The Hall–Kier alpha value is -2.06. The molecule has 24 heavy (non-hydrogen) atoms. The Morgan fingerprint density at radius 1 is 1.38 bits per heavy atom. The highest BCUT2D eigenvalue weighted by atomic mass is 35.5. The van der Waals surface area contributed by atoms with E-state index < -0.39 is 17.8 Å². The SMILES string of the molecule is O=C(Nc1ccnn1-c1ccc(C(F)(F)F)cc1Cl)C1CCCO1. The summed E-state index contributed by atoms with van der Waals surface area (Å²) in [4.78, 5) is 12.1. The number of alkyl halides is 3. The first-order chi connectivity index (χ1) is 11.4. The molecule has 1 atom stereocenters.